The maximum atomic E-state index is 12.6. The summed E-state index contributed by atoms with van der Waals surface area (Å²) in [7, 11) is 0. The average molecular weight is 334 g/mol. The van der Waals surface area contributed by atoms with E-state index in [1.54, 1.807) is 0 Å². The van der Waals surface area contributed by atoms with E-state index in [0.717, 1.165) is 51.3 Å². The fourth-order valence-corrected chi connectivity index (χ4v) is 4.23. The van der Waals surface area contributed by atoms with E-state index in [2.05, 4.69) is 22.3 Å². The molecular weight excluding hydrogens is 306 g/mol. The Balaban J connectivity index is 1.63. The Morgan fingerprint density at radius 3 is 2.43 bits per heavy atom. The second-order valence-electron chi connectivity index (χ2n) is 6.38. The molecule has 4 nitrogen and oxygen atoms in total. The van der Waals surface area contributed by atoms with E-state index in [-0.39, 0.29) is 6.03 Å². The van der Waals surface area contributed by atoms with Crippen molar-refractivity contribution >= 4 is 23.5 Å². The quantitative estimate of drug-likeness (QED) is 0.917. The van der Waals surface area contributed by atoms with Gasteiger partial charge in [0.1, 0.15) is 0 Å². The molecule has 2 amide bonds. The van der Waals surface area contributed by atoms with Crippen LogP contribution >= 0.6 is 11.8 Å². The van der Waals surface area contributed by atoms with Crippen LogP contribution in [0.2, 0.25) is 0 Å². The maximum Gasteiger partial charge on any atom is 0.321 e. The molecule has 23 heavy (non-hydrogen) atoms. The van der Waals surface area contributed by atoms with Gasteiger partial charge in [0.15, 0.2) is 0 Å². The van der Waals surface area contributed by atoms with Crippen molar-refractivity contribution in [3.63, 3.8) is 0 Å². The van der Waals surface area contributed by atoms with Gasteiger partial charge in [-0.1, -0.05) is 31.0 Å². The lowest BCUT2D eigenvalue weighted by molar-refractivity contribution is 0.213. The Labute approximate surface area is 143 Å². The number of carbonyl (C=O) groups excluding carboxylic acids is 1. The van der Waals surface area contributed by atoms with Crippen molar-refractivity contribution in [1.29, 1.82) is 0 Å². The highest BCUT2D eigenvalue weighted by Crippen LogP contribution is 2.20. The van der Waals surface area contributed by atoms with Crippen LogP contribution in [-0.2, 0) is 6.54 Å². The third kappa shape index (κ3) is 4.88. The summed E-state index contributed by atoms with van der Waals surface area (Å²) in [5.41, 5.74) is 2.20. The standard InChI is InChI=1S/C18H27N3OS/c22-18(21-9-5-1-2-6-10-21)19-17-8-4-3-7-16(17)15-20-11-13-23-14-12-20/h3-4,7-8H,1-2,5-6,9-15H2,(H,19,22). The van der Waals surface area contributed by atoms with Gasteiger partial charge in [-0.2, -0.15) is 11.8 Å². The van der Waals surface area contributed by atoms with E-state index in [1.165, 1.54) is 29.9 Å². The van der Waals surface area contributed by atoms with Crippen LogP contribution in [0, 0.1) is 0 Å². The van der Waals surface area contributed by atoms with E-state index in [4.69, 9.17) is 0 Å². The lowest BCUT2D eigenvalue weighted by Crippen LogP contribution is -2.36. The van der Waals surface area contributed by atoms with Gasteiger partial charge < -0.3 is 10.2 Å². The van der Waals surface area contributed by atoms with Gasteiger partial charge in [-0.25, -0.2) is 4.79 Å². The summed E-state index contributed by atoms with van der Waals surface area (Å²) >= 11 is 2.03. The molecule has 0 aromatic heterocycles. The van der Waals surface area contributed by atoms with Gasteiger partial charge in [0, 0.05) is 49.9 Å². The van der Waals surface area contributed by atoms with Crippen LogP contribution in [0.4, 0.5) is 10.5 Å². The van der Waals surface area contributed by atoms with Gasteiger partial charge in [-0.05, 0) is 24.5 Å². The van der Waals surface area contributed by atoms with Crippen LogP contribution in [0.5, 0.6) is 0 Å². The van der Waals surface area contributed by atoms with Gasteiger partial charge in [0.25, 0.3) is 0 Å². The monoisotopic (exact) mass is 333 g/mol. The fraction of sp³-hybridized carbons (Fsp3) is 0.611. The van der Waals surface area contributed by atoms with Crippen molar-refractivity contribution in [2.75, 3.05) is 43.0 Å². The van der Waals surface area contributed by atoms with Crippen LogP contribution in [0.3, 0.4) is 0 Å². The summed E-state index contributed by atoms with van der Waals surface area (Å²) in [6.07, 6.45) is 4.74. The number of rotatable bonds is 3. The number of para-hydroxylation sites is 1. The number of carbonyl (C=O) groups is 1. The van der Waals surface area contributed by atoms with E-state index in [1.807, 2.05) is 28.8 Å². The van der Waals surface area contributed by atoms with Crippen molar-refractivity contribution in [3.05, 3.63) is 29.8 Å². The van der Waals surface area contributed by atoms with Crippen molar-refractivity contribution in [2.45, 2.75) is 32.2 Å². The Bertz CT molecular complexity index is 509. The molecule has 0 saturated carbocycles. The first-order chi connectivity index (χ1) is 11.3. The highest BCUT2D eigenvalue weighted by molar-refractivity contribution is 7.99. The summed E-state index contributed by atoms with van der Waals surface area (Å²) in [6, 6.07) is 8.31. The van der Waals surface area contributed by atoms with Crippen molar-refractivity contribution in [2.24, 2.45) is 0 Å². The van der Waals surface area contributed by atoms with Crippen LogP contribution in [0.1, 0.15) is 31.2 Å². The predicted molar refractivity (Wildman–Crippen MR) is 98.1 cm³/mol. The number of thioether (sulfide) groups is 1. The lowest BCUT2D eigenvalue weighted by atomic mass is 10.1. The first kappa shape index (κ1) is 16.7. The number of urea groups is 1. The zero-order chi connectivity index (χ0) is 15.9. The number of hydrogen-bond acceptors (Lipinski definition) is 3. The first-order valence-corrected chi connectivity index (χ1v) is 9.92. The number of benzene rings is 1. The average Bonchev–Trinajstić information content (AvgIpc) is 2.87. The van der Waals surface area contributed by atoms with Crippen molar-refractivity contribution in [1.82, 2.24) is 9.80 Å². The molecule has 2 aliphatic rings. The summed E-state index contributed by atoms with van der Waals surface area (Å²) in [5.74, 6) is 2.42. The molecule has 0 spiro atoms. The molecule has 5 heteroatoms. The van der Waals surface area contributed by atoms with Crippen LogP contribution in [-0.4, -0.2) is 53.5 Å². The Morgan fingerprint density at radius 1 is 1.00 bits per heavy atom. The lowest BCUT2D eigenvalue weighted by Gasteiger charge is -2.27. The molecule has 1 aromatic carbocycles. The molecule has 0 bridgehead atoms. The van der Waals surface area contributed by atoms with Gasteiger partial charge in [-0.15, -0.1) is 0 Å². The SMILES string of the molecule is O=C(Nc1ccccc1CN1CCSCC1)N1CCCCCC1. The number of nitrogens with one attached hydrogen (secondary N) is 1. The summed E-state index contributed by atoms with van der Waals surface area (Å²) in [5, 5.41) is 3.15. The maximum absolute atomic E-state index is 12.6. The molecule has 2 aliphatic heterocycles. The molecule has 0 radical (unpaired) electrons. The predicted octanol–water partition coefficient (Wildman–Crippen LogP) is 3.64. The first-order valence-electron chi connectivity index (χ1n) is 8.77. The normalized spacial score (nSPS) is 20.1. The summed E-state index contributed by atoms with van der Waals surface area (Å²) in [4.78, 5) is 17.0. The minimum absolute atomic E-state index is 0.0635. The largest absolute Gasteiger partial charge is 0.325 e. The Morgan fingerprint density at radius 2 is 1.70 bits per heavy atom. The van der Waals surface area contributed by atoms with Gasteiger partial charge >= 0.3 is 6.03 Å². The molecular formula is C18H27N3OS. The topological polar surface area (TPSA) is 35.6 Å². The zero-order valence-corrected chi connectivity index (χ0v) is 14.6. The van der Waals surface area contributed by atoms with Gasteiger partial charge in [-0.3, -0.25) is 4.90 Å². The van der Waals surface area contributed by atoms with Crippen LogP contribution < -0.4 is 5.32 Å². The van der Waals surface area contributed by atoms with Crippen molar-refractivity contribution in [3.8, 4) is 0 Å². The molecule has 2 fully saturated rings. The second kappa shape index (κ2) is 8.60. The Kier molecular flexibility index (Phi) is 6.22. The minimum atomic E-state index is 0.0635. The molecule has 0 atom stereocenters. The fourth-order valence-electron chi connectivity index (χ4n) is 3.25. The van der Waals surface area contributed by atoms with Crippen molar-refractivity contribution < 1.29 is 4.79 Å². The summed E-state index contributed by atoms with van der Waals surface area (Å²) < 4.78 is 0. The number of likely N-dealkylation sites (tertiary alicyclic amines) is 1. The van der Waals surface area contributed by atoms with Gasteiger partial charge in [0.2, 0.25) is 0 Å². The van der Waals surface area contributed by atoms with Crippen LogP contribution in [0.15, 0.2) is 24.3 Å². The molecule has 1 N–H and O–H groups in total. The third-order valence-corrected chi connectivity index (χ3v) is 5.59. The molecule has 3 rings (SSSR count). The van der Waals surface area contributed by atoms with E-state index in [0.29, 0.717) is 0 Å². The summed E-state index contributed by atoms with van der Waals surface area (Å²) in [6.45, 7) is 4.98. The number of amides is 2. The third-order valence-electron chi connectivity index (χ3n) is 4.65. The Hall–Kier alpha value is -1.20. The molecule has 0 aliphatic carbocycles. The minimum Gasteiger partial charge on any atom is -0.325 e. The molecule has 2 saturated heterocycles. The van der Waals surface area contributed by atoms with Gasteiger partial charge in [0.05, 0.1) is 0 Å². The molecule has 2 heterocycles. The smallest absolute Gasteiger partial charge is 0.321 e. The zero-order valence-electron chi connectivity index (χ0n) is 13.8. The molecule has 1 aromatic rings. The van der Waals surface area contributed by atoms with E-state index >= 15 is 0 Å². The van der Waals surface area contributed by atoms with E-state index in [9.17, 15) is 4.79 Å². The molecule has 0 unspecified atom stereocenters. The van der Waals surface area contributed by atoms with Crippen LogP contribution in [0.25, 0.3) is 0 Å². The molecule has 126 valence electrons. The van der Waals surface area contributed by atoms with E-state index < -0.39 is 0 Å². The highest BCUT2D eigenvalue weighted by Gasteiger charge is 2.18. The number of hydrogen-bond donors (Lipinski definition) is 1. The number of anilines is 1. The highest BCUT2D eigenvalue weighted by atomic mass is 32.2. The second-order valence-corrected chi connectivity index (χ2v) is 7.60. The number of nitrogens with zero attached hydrogens (tertiary/aromatic N) is 2.